The van der Waals surface area contributed by atoms with Crippen LogP contribution in [-0.2, 0) is 10.1 Å². The Morgan fingerprint density at radius 3 is 1.97 bits per heavy atom. The molecule has 0 saturated carbocycles. The first-order valence-electron chi connectivity index (χ1n) is 10.7. The molecule has 0 spiro atoms. The van der Waals surface area contributed by atoms with Crippen LogP contribution in [0.5, 0.6) is 0 Å². The number of benzene rings is 1. The van der Waals surface area contributed by atoms with Crippen molar-refractivity contribution in [1.82, 2.24) is 0 Å². The largest absolute Gasteiger partial charge is 0.332 e. The van der Waals surface area contributed by atoms with Gasteiger partial charge in [-0.2, -0.15) is 9.13 Å². The molecule has 2 heterocycles. The Kier molecular flexibility index (Phi) is 6.00. The van der Waals surface area contributed by atoms with Gasteiger partial charge in [-0.25, -0.2) is 0 Å². The standard InChI is InChI=1S/C26H27N2O3P/c1-20-17-21(2)25(22(3)18-20)27-13-7-23(8-14-27)24-9-15-28(16-10-24)26(19-32(29,30)31)11-5-4-6-12-26/h4-11,13-18H,12,19H2,1-3H3/p+2. The van der Waals surface area contributed by atoms with E-state index >= 15 is 0 Å². The van der Waals surface area contributed by atoms with Gasteiger partial charge in [-0.3, -0.25) is 4.57 Å². The lowest BCUT2D eigenvalue weighted by Crippen LogP contribution is -2.57. The molecule has 164 valence electrons. The first-order chi connectivity index (χ1) is 15.2. The summed E-state index contributed by atoms with van der Waals surface area (Å²) < 4.78 is 15.8. The third kappa shape index (κ3) is 4.66. The van der Waals surface area contributed by atoms with Gasteiger partial charge in [0, 0.05) is 41.8 Å². The van der Waals surface area contributed by atoms with Crippen LogP contribution in [-0.4, -0.2) is 15.9 Å². The van der Waals surface area contributed by atoms with Crippen LogP contribution >= 0.6 is 7.60 Å². The lowest BCUT2D eigenvalue weighted by Gasteiger charge is -2.26. The average molecular weight is 449 g/mol. The second-order valence-corrected chi connectivity index (χ2v) is 10.3. The zero-order valence-corrected chi connectivity index (χ0v) is 19.5. The SMILES string of the molecule is Cc1cc(C)c(-[n+]2ccc(-c3cc[n+](C4(CP(=O)(O)O)C=CC=CC4)cc3)cc2)c(C)c1. The van der Waals surface area contributed by atoms with Crippen LogP contribution in [0.2, 0.25) is 0 Å². The number of aryl methyl sites for hydroxylation is 3. The summed E-state index contributed by atoms with van der Waals surface area (Å²) in [6.07, 6.45) is 15.9. The molecule has 32 heavy (non-hydrogen) atoms. The molecule has 0 amide bonds. The Hall–Kier alpha value is -2.85. The molecule has 5 nitrogen and oxygen atoms in total. The maximum absolute atomic E-state index is 11.8. The predicted octanol–water partition coefficient (Wildman–Crippen LogP) is 4.23. The summed E-state index contributed by atoms with van der Waals surface area (Å²) in [5.41, 5.74) is 6.32. The number of nitrogens with zero attached hydrogens (tertiary/aromatic N) is 2. The smallest absolute Gasteiger partial charge is 0.324 e. The van der Waals surface area contributed by atoms with Gasteiger partial charge in [0.1, 0.15) is 6.16 Å². The topological polar surface area (TPSA) is 65.3 Å². The number of hydrogen-bond donors (Lipinski definition) is 2. The minimum absolute atomic E-state index is 0.231. The quantitative estimate of drug-likeness (QED) is 0.454. The van der Waals surface area contributed by atoms with Crippen molar-refractivity contribution >= 4 is 7.60 Å². The van der Waals surface area contributed by atoms with Crippen LogP contribution in [0.15, 0.2) is 85.5 Å². The molecule has 0 radical (unpaired) electrons. The number of hydrogen-bond acceptors (Lipinski definition) is 1. The monoisotopic (exact) mass is 448 g/mol. The number of rotatable bonds is 5. The van der Waals surface area contributed by atoms with Gasteiger partial charge in [0.15, 0.2) is 24.8 Å². The summed E-state index contributed by atoms with van der Waals surface area (Å²) in [6, 6.07) is 12.6. The number of aromatic nitrogens is 2. The van der Waals surface area contributed by atoms with Gasteiger partial charge in [0.05, 0.1) is 0 Å². The highest BCUT2D eigenvalue weighted by molar-refractivity contribution is 7.51. The van der Waals surface area contributed by atoms with Crippen molar-refractivity contribution in [2.24, 2.45) is 0 Å². The summed E-state index contributed by atoms with van der Waals surface area (Å²) in [7, 11) is -4.19. The molecule has 0 aliphatic heterocycles. The summed E-state index contributed by atoms with van der Waals surface area (Å²) in [6.45, 7) is 6.38. The predicted molar refractivity (Wildman–Crippen MR) is 126 cm³/mol. The Morgan fingerprint density at radius 2 is 1.47 bits per heavy atom. The Labute approximate surface area is 189 Å². The fourth-order valence-electron chi connectivity index (χ4n) is 4.66. The zero-order valence-electron chi connectivity index (χ0n) is 18.6. The van der Waals surface area contributed by atoms with Gasteiger partial charge in [-0.1, -0.05) is 23.8 Å². The Morgan fingerprint density at radius 1 is 0.906 bits per heavy atom. The normalized spacial score (nSPS) is 18.2. The first kappa shape index (κ1) is 22.3. The third-order valence-corrected chi connectivity index (χ3v) is 6.96. The van der Waals surface area contributed by atoms with E-state index in [4.69, 9.17) is 0 Å². The van der Waals surface area contributed by atoms with Crippen LogP contribution in [0.25, 0.3) is 16.8 Å². The van der Waals surface area contributed by atoms with Gasteiger partial charge >= 0.3 is 7.60 Å². The van der Waals surface area contributed by atoms with E-state index < -0.39 is 13.1 Å². The summed E-state index contributed by atoms with van der Waals surface area (Å²) in [5.74, 6) is 0. The van der Waals surface area contributed by atoms with E-state index in [2.05, 4.69) is 62.0 Å². The Balaban J connectivity index is 1.63. The van der Waals surface area contributed by atoms with Gasteiger partial charge in [0.2, 0.25) is 11.2 Å². The molecule has 2 N–H and O–H groups in total. The van der Waals surface area contributed by atoms with Crippen LogP contribution in [0, 0.1) is 20.8 Å². The van der Waals surface area contributed by atoms with E-state index in [9.17, 15) is 14.4 Å². The molecule has 0 saturated heterocycles. The van der Waals surface area contributed by atoms with E-state index in [1.54, 1.807) is 0 Å². The Bertz CT molecular complexity index is 1220. The summed E-state index contributed by atoms with van der Waals surface area (Å²) >= 11 is 0. The van der Waals surface area contributed by atoms with Gasteiger partial charge < -0.3 is 9.79 Å². The maximum Gasteiger partial charge on any atom is 0.332 e. The molecule has 3 aromatic rings. The van der Waals surface area contributed by atoms with Crippen LogP contribution in [0.1, 0.15) is 23.1 Å². The average Bonchev–Trinajstić information content (AvgIpc) is 2.73. The van der Waals surface area contributed by atoms with Crippen LogP contribution in [0.3, 0.4) is 0 Å². The molecule has 4 rings (SSSR count). The van der Waals surface area contributed by atoms with Crippen molar-refractivity contribution in [3.8, 4) is 16.8 Å². The molecule has 1 aliphatic rings. The molecule has 1 aromatic carbocycles. The summed E-state index contributed by atoms with van der Waals surface area (Å²) in [5, 5.41) is 0. The van der Waals surface area contributed by atoms with Crippen molar-refractivity contribution < 1.29 is 23.5 Å². The van der Waals surface area contributed by atoms with Crippen molar-refractivity contribution in [2.75, 3.05) is 6.16 Å². The van der Waals surface area contributed by atoms with Crippen molar-refractivity contribution in [1.29, 1.82) is 0 Å². The minimum Gasteiger partial charge on any atom is -0.324 e. The second-order valence-electron chi connectivity index (χ2n) is 8.65. The highest BCUT2D eigenvalue weighted by Crippen LogP contribution is 2.42. The van der Waals surface area contributed by atoms with E-state index in [1.165, 1.54) is 22.4 Å². The van der Waals surface area contributed by atoms with E-state index in [0.717, 1.165) is 11.1 Å². The van der Waals surface area contributed by atoms with Crippen LogP contribution < -0.4 is 9.13 Å². The van der Waals surface area contributed by atoms with Crippen molar-refractivity contribution in [3.05, 3.63) is 102 Å². The summed E-state index contributed by atoms with van der Waals surface area (Å²) in [4.78, 5) is 19.3. The lowest BCUT2D eigenvalue weighted by molar-refractivity contribution is -0.747. The van der Waals surface area contributed by atoms with E-state index in [-0.39, 0.29) is 6.16 Å². The maximum atomic E-state index is 11.8. The fourth-order valence-corrected chi connectivity index (χ4v) is 5.78. The minimum atomic E-state index is -4.19. The lowest BCUT2D eigenvalue weighted by atomic mass is 9.92. The zero-order chi connectivity index (χ0) is 22.9. The molecule has 1 atom stereocenters. The fraction of sp³-hybridized carbons (Fsp3) is 0.231. The highest BCUT2D eigenvalue weighted by Gasteiger charge is 2.43. The van der Waals surface area contributed by atoms with Crippen molar-refractivity contribution in [3.63, 3.8) is 0 Å². The molecular formula is C26H29N2O3P+2. The van der Waals surface area contributed by atoms with Crippen molar-refractivity contribution in [2.45, 2.75) is 32.7 Å². The molecular weight excluding hydrogens is 419 g/mol. The van der Waals surface area contributed by atoms with Crippen LogP contribution in [0.4, 0.5) is 0 Å². The number of allylic oxidation sites excluding steroid dienone is 4. The molecule has 0 fully saturated rings. The van der Waals surface area contributed by atoms with E-state index in [0.29, 0.717) is 6.42 Å². The molecule has 1 aliphatic carbocycles. The number of pyridine rings is 2. The highest BCUT2D eigenvalue weighted by atomic mass is 31.2. The van der Waals surface area contributed by atoms with Gasteiger partial charge in [-0.05, 0) is 50.1 Å². The van der Waals surface area contributed by atoms with Gasteiger partial charge in [-0.15, -0.1) is 0 Å². The second kappa shape index (κ2) is 8.59. The first-order valence-corrected chi connectivity index (χ1v) is 12.5. The third-order valence-electron chi connectivity index (χ3n) is 6.00. The van der Waals surface area contributed by atoms with Gasteiger partial charge in [0.25, 0.3) is 0 Å². The molecule has 6 heteroatoms. The molecule has 1 unspecified atom stereocenters. The molecule has 0 bridgehead atoms. The van der Waals surface area contributed by atoms with E-state index in [1.807, 2.05) is 53.4 Å². The molecule has 2 aromatic heterocycles.